The highest BCUT2D eigenvalue weighted by Gasteiger charge is 2.49. The number of aliphatic hydroxyl groups excluding tert-OH is 1. The number of hydrogen-bond donors (Lipinski definition) is 2. The minimum Gasteiger partial charge on any atom is -0.509 e. The largest absolute Gasteiger partial charge is 0.509 e. The van der Waals surface area contributed by atoms with E-state index in [0.29, 0.717) is 5.56 Å². The van der Waals surface area contributed by atoms with Gasteiger partial charge in [-0.2, -0.15) is 12.8 Å². The van der Waals surface area contributed by atoms with E-state index in [1.165, 1.54) is 41.3 Å². The third-order valence-electron chi connectivity index (χ3n) is 6.04. The maximum Gasteiger partial charge on any atom is 0.283 e. The van der Waals surface area contributed by atoms with Crippen LogP contribution in [-0.2, 0) is 37.9 Å². The van der Waals surface area contributed by atoms with Gasteiger partial charge >= 0.3 is 0 Å². The molecule has 0 spiro atoms. The maximum absolute atomic E-state index is 13.8. The van der Waals surface area contributed by atoms with Gasteiger partial charge in [0.05, 0.1) is 16.8 Å². The molecule has 0 bridgehead atoms. The second-order valence-corrected chi connectivity index (χ2v) is 14.2. The maximum atomic E-state index is 13.8. The number of rotatable bonds is 6. The lowest BCUT2D eigenvalue weighted by molar-refractivity contribution is -0.129. The number of halogens is 2. The molecule has 0 aliphatic carbocycles. The minimum atomic E-state index is -4.29. The Morgan fingerprint density at radius 3 is 2.49 bits per heavy atom. The molecule has 13 heteroatoms. The normalized spacial score (nSPS) is 19.4. The predicted molar refractivity (Wildman–Crippen MR) is 139 cm³/mol. The van der Waals surface area contributed by atoms with Gasteiger partial charge in [0.25, 0.3) is 15.9 Å². The first-order valence-electron chi connectivity index (χ1n) is 11.1. The van der Waals surface area contributed by atoms with Crippen LogP contribution in [0.1, 0.15) is 37.5 Å². The van der Waals surface area contributed by atoms with E-state index in [2.05, 4.69) is 25.0 Å². The van der Waals surface area contributed by atoms with Gasteiger partial charge in [-0.1, -0.05) is 45.0 Å². The molecule has 198 valence electrons. The van der Waals surface area contributed by atoms with Crippen LogP contribution < -0.4 is 4.72 Å². The Balaban J connectivity index is 1.81. The van der Waals surface area contributed by atoms with Gasteiger partial charge in [0.2, 0.25) is 10.0 Å². The molecule has 0 saturated heterocycles. The number of benzene rings is 2. The number of fused-ring (bicyclic) bond motifs is 1. The van der Waals surface area contributed by atoms with Crippen molar-refractivity contribution in [1.29, 1.82) is 0 Å². The molecule has 1 atom stereocenters. The zero-order chi connectivity index (χ0) is 27.5. The van der Waals surface area contributed by atoms with E-state index in [-0.39, 0.29) is 50.6 Å². The SMILES string of the molecule is CC(C)(C)[C@H]1C(O)=C(C2=NS(=O)(=O)c3c(CNS(C)(=O)=O)cccc32)C(=O)N1Cc1ccc(F)c(Br)c1. The first-order chi connectivity index (χ1) is 17.0. The number of amides is 1. The van der Waals surface area contributed by atoms with Crippen molar-refractivity contribution in [2.24, 2.45) is 9.81 Å². The molecule has 2 heterocycles. The number of carbonyl (C=O) groups excluding carboxylic acids is 1. The summed E-state index contributed by atoms with van der Waals surface area (Å²) in [5.41, 5.74) is -0.233. The van der Waals surface area contributed by atoms with Crippen LogP contribution in [0, 0.1) is 11.2 Å². The zero-order valence-electron chi connectivity index (χ0n) is 20.4. The average molecular weight is 615 g/mol. The van der Waals surface area contributed by atoms with E-state index in [1.807, 2.05) is 20.8 Å². The van der Waals surface area contributed by atoms with Crippen LogP contribution in [0.3, 0.4) is 0 Å². The highest BCUT2D eigenvalue weighted by molar-refractivity contribution is 9.10. The van der Waals surface area contributed by atoms with Gasteiger partial charge in [0.1, 0.15) is 27.8 Å². The Hall–Kier alpha value is -2.61. The smallest absolute Gasteiger partial charge is 0.283 e. The lowest BCUT2D eigenvalue weighted by atomic mass is 9.84. The minimum absolute atomic E-state index is 0.0262. The van der Waals surface area contributed by atoms with E-state index < -0.39 is 43.2 Å². The van der Waals surface area contributed by atoms with Crippen molar-refractivity contribution in [2.75, 3.05) is 6.26 Å². The van der Waals surface area contributed by atoms with Crippen molar-refractivity contribution in [3.8, 4) is 0 Å². The molecule has 4 rings (SSSR count). The fraction of sp³-hybridized carbons (Fsp3) is 0.333. The number of sulfonamides is 2. The van der Waals surface area contributed by atoms with E-state index in [9.17, 15) is 31.1 Å². The summed E-state index contributed by atoms with van der Waals surface area (Å²) in [7, 11) is -7.90. The van der Waals surface area contributed by atoms with Crippen molar-refractivity contribution >= 4 is 47.6 Å². The van der Waals surface area contributed by atoms with Gasteiger partial charge < -0.3 is 10.0 Å². The van der Waals surface area contributed by atoms with Crippen LogP contribution in [0.5, 0.6) is 0 Å². The summed E-state index contributed by atoms with van der Waals surface area (Å²) in [6, 6.07) is 7.94. The van der Waals surface area contributed by atoms with Gasteiger partial charge in [-0.15, -0.1) is 0 Å². The molecule has 2 aliphatic heterocycles. The standard InChI is InChI=1S/C24H25BrFN3O6S2/c1-24(2,3)22-20(30)18(23(31)29(22)12-13-8-9-17(26)16(25)10-13)19-15-7-5-6-14(11-27-36(4,32)33)21(15)37(34,35)28-19/h5-10,22,27,30H,11-12H2,1-4H3/t22-/m1/s1. The van der Waals surface area contributed by atoms with Crippen molar-refractivity contribution in [1.82, 2.24) is 9.62 Å². The van der Waals surface area contributed by atoms with Crippen LogP contribution in [0.2, 0.25) is 0 Å². The molecular formula is C24H25BrFN3O6S2. The molecule has 0 saturated carbocycles. The molecule has 0 unspecified atom stereocenters. The Morgan fingerprint density at radius 1 is 1.22 bits per heavy atom. The molecule has 0 fully saturated rings. The third-order valence-corrected chi connectivity index (χ3v) is 8.74. The van der Waals surface area contributed by atoms with Gasteiger partial charge in [0, 0.05) is 18.7 Å². The van der Waals surface area contributed by atoms with Gasteiger partial charge in [0.15, 0.2) is 0 Å². The van der Waals surface area contributed by atoms with Crippen molar-refractivity contribution in [3.05, 3.63) is 74.7 Å². The highest BCUT2D eigenvalue weighted by Crippen LogP contribution is 2.41. The number of carbonyl (C=O) groups is 1. The van der Waals surface area contributed by atoms with E-state index in [0.717, 1.165) is 6.26 Å². The summed E-state index contributed by atoms with van der Waals surface area (Å²) in [5.74, 6) is -1.41. The first kappa shape index (κ1) is 27.4. The molecule has 1 amide bonds. The lowest BCUT2D eigenvalue weighted by Crippen LogP contribution is -2.43. The number of hydrogen-bond acceptors (Lipinski definition) is 6. The summed E-state index contributed by atoms with van der Waals surface area (Å²) >= 11 is 3.14. The van der Waals surface area contributed by atoms with Crippen LogP contribution in [0.25, 0.3) is 0 Å². The molecule has 2 N–H and O–H groups in total. The molecule has 2 aliphatic rings. The lowest BCUT2D eigenvalue weighted by Gasteiger charge is -2.35. The number of aliphatic hydroxyl groups is 1. The van der Waals surface area contributed by atoms with E-state index in [1.54, 1.807) is 0 Å². The third kappa shape index (κ3) is 5.22. The van der Waals surface area contributed by atoms with Crippen LogP contribution >= 0.6 is 15.9 Å². The Labute approximate surface area is 223 Å². The molecule has 2 aromatic carbocycles. The Kier molecular flexibility index (Phi) is 6.89. The Morgan fingerprint density at radius 2 is 1.89 bits per heavy atom. The quantitative estimate of drug-likeness (QED) is 0.513. The fourth-order valence-electron chi connectivity index (χ4n) is 4.57. The zero-order valence-corrected chi connectivity index (χ0v) is 23.6. The highest BCUT2D eigenvalue weighted by atomic mass is 79.9. The van der Waals surface area contributed by atoms with Gasteiger partial charge in [-0.3, -0.25) is 4.79 Å². The van der Waals surface area contributed by atoms with Crippen LogP contribution in [0.15, 0.2) is 61.5 Å². The van der Waals surface area contributed by atoms with Crippen molar-refractivity contribution in [3.63, 3.8) is 0 Å². The molecular weight excluding hydrogens is 589 g/mol. The topological polar surface area (TPSA) is 133 Å². The molecule has 0 aromatic heterocycles. The predicted octanol–water partition coefficient (Wildman–Crippen LogP) is 3.40. The van der Waals surface area contributed by atoms with Gasteiger partial charge in [-0.05, 0) is 44.6 Å². The summed E-state index contributed by atoms with van der Waals surface area (Å²) in [6.45, 7) is 5.22. The van der Waals surface area contributed by atoms with Crippen molar-refractivity contribution in [2.45, 2.75) is 44.8 Å². The Bertz CT molecular complexity index is 1590. The number of nitrogens with one attached hydrogen (secondary N) is 1. The summed E-state index contributed by atoms with van der Waals surface area (Å²) in [4.78, 5) is 14.9. The van der Waals surface area contributed by atoms with Crippen LogP contribution in [-0.4, -0.2) is 50.8 Å². The molecule has 0 radical (unpaired) electrons. The molecule has 37 heavy (non-hydrogen) atoms. The molecule has 2 aromatic rings. The summed E-state index contributed by atoms with van der Waals surface area (Å²) in [5, 5.41) is 11.3. The molecule has 9 nitrogen and oxygen atoms in total. The van der Waals surface area contributed by atoms with E-state index >= 15 is 0 Å². The van der Waals surface area contributed by atoms with E-state index in [4.69, 9.17) is 0 Å². The summed E-state index contributed by atoms with van der Waals surface area (Å²) < 4.78 is 69.4. The van der Waals surface area contributed by atoms with Crippen LogP contribution in [0.4, 0.5) is 4.39 Å². The van der Waals surface area contributed by atoms with Gasteiger partial charge in [-0.25, -0.2) is 17.5 Å². The average Bonchev–Trinajstić information content (AvgIpc) is 3.18. The second-order valence-electron chi connectivity index (χ2n) is 10.0. The van der Waals surface area contributed by atoms with Crippen molar-refractivity contribution < 1.29 is 31.1 Å². The fourth-order valence-corrected chi connectivity index (χ4v) is 6.85. The summed E-state index contributed by atoms with van der Waals surface area (Å²) in [6.07, 6.45) is 0.952. The second kappa shape index (κ2) is 9.29. The number of nitrogens with zero attached hydrogens (tertiary/aromatic N) is 2. The monoisotopic (exact) mass is 613 g/mol. The first-order valence-corrected chi connectivity index (χ1v) is 15.2.